The molecule has 2 rings (SSSR count). The summed E-state index contributed by atoms with van der Waals surface area (Å²) >= 11 is 5.76. The van der Waals surface area contributed by atoms with Gasteiger partial charge in [-0.25, -0.2) is 0 Å². The summed E-state index contributed by atoms with van der Waals surface area (Å²) in [4.78, 5) is 12.0. The Morgan fingerprint density at radius 2 is 1.58 bits per heavy atom. The third kappa shape index (κ3) is 6.22. The molecule has 0 saturated carbocycles. The minimum Gasteiger partial charge on any atom is -0.367 e. The fourth-order valence-corrected chi connectivity index (χ4v) is 2.05. The van der Waals surface area contributed by atoms with Crippen LogP contribution in [0.3, 0.4) is 0 Å². The molecule has 0 aliphatic heterocycles. The summed E-state index contributed by atoms with van der Waals surface area (Å²) in [6.45, 7) is -1.08. The molecule has 2 aromatic carbocycles. The van der Waals surface area contributed by atoms with E-state index < -0.39 is 12.8 Å². The summed E-state index contributed by atoms with van der Waals surface area (Å²) in [5, 5.41) is 3.31. The van der Waals surface area contributed by atoms with E-state index in [0.29, 0.717) is 22.7 Å². The second-order valence-electron chi connectivity index (χ2n) is 5.11. The normalized spacial score (nSPS) is 11.3. The molecule has 0 aliphatic carbocycles. The van der Waals surface area contributed by atoms with E-state index in [2.05, 4.69) is 10.1 Å². The van der Waals surface area contributed by atoms with Crippen LogP contribution in [0.2, 0.25) is 5.02 Å². The van der Waals surface area contributed by atoms with Gasteiger partial charge in [0.1, 0.15) is 6.61 Å². The smallest absolute Gasteiger partial charge is 0.367 e. The second-order valence-corrected chi connectivity index (χ2v) is 5.55. The van der Waals surface area contributed by atoms with Gasteiger partial charge in [-0.3, -0.25) is 4.79 Å². The lowest BCUT2D eigenvalue weighted by Crippen LogP contribution is -2.22. The van der Waals surface area contributed by atoms with Gasteiger partial charge in [-0.05, 0) is 35.4 Å². The number of carbonyl (C=O) groups excluding carboxylic acids is 1. The molecule has 7 heteroatoms. The first-order valence-electron chi connectivity index (χ1n) is 7.09. The van der Waals surface area contributed by atoms with Crippen molar-refractivity contribution in [3.05, 3.63) is 70.2 Å². The molecule has 1 amide bonds. The number of amides is 1. The molecule has 128 valence electrons. The van der Waals surface area contributed by atoms with Gasteiger partial charge >= 0.3 is 6.18 Å². The molecule has 2 aromatic rings. The van der Waals surface area contributed by atoms with Crippen LogP contribution in [0.4, 0.5) is 13.2 Å². The SMILES string of the molecule is O=C(NCc1ccc(COCC(F)(F)F)cc1)c1ccc(Cl)cc1. The predicted octanol–water partition coefficient (Wildman–Crippen LogP) is 4.35. The molecule has 0 bridgehead atoms. The van der Waals surface area contributed by atoms with E-state index in [4.69, 9.17) is 11.6 Å². The Morgan fingerprint density at radius 3 is 2.17 bits per heavy atom. The Bertz CT molecular complexity index is 670. The molecule has 24 heavy (non-hydrogen) atoms. The summed E-state index contributed by atoms with van der Waals surface area (Å²) in [6.07, 6.45) is -4.33. The number of ether oxygens (including phenoxy) is 1. The summed E-state index contributed by atoms with van der Waals surface area (Å²) in [7, 11) is 0. The van der Waals surface area contributed by atoms with Crippen LogP contribution in [-0.4, -0.2) is 18.7 Å². The highest BCUT2D eigenvalue weighted by Gasteiger charge is 2.27. The Hall–Kier alpha value is -2.05. The van der Waals surface area contributed by atoms with E-state index in [1.165, 1.54) is 0 Å². The zero-order valence-corrected chi connectivity index (χ0v) is 13.3. The molecule has 1 N–H and O–H groups in total. The number of benzene rings is 2. The Morgan fingerprint density at radius 1 is 1.00 bits per heavy atom. The van der Waals surface area contributed by atoms with Gasteiger partial charge in [-0.2, -0.15) is 13.2 Å². The average Bonchev–Trinajstić information content (AvgIpc) is 2.53. The lowest BCUT2D eigenvalue weighted by atomic mass is 10.1. The van der Waals surface area contributed by atoms with Gasteiger partial charge in [0.05, 0.1) is 6.61 Å². The van der Waals surface area contributed by atoms with Crippen molar-refractivity contribution in [1.29, 1.82) is 0 Å². The predicted molar refractivity (Wildman–Crippen MR) is 84.8 cm³/mol. The third-order valence-corrected chi connectivity index (χ3v) is 3.37. The zero-order valence-electron chi connectivity index (χ0n) is 12.6. The zero-order chi connectivity index (χ0) is 17.6. The maximum absolute atomic E-state index is 12.0. The first kappa shape index (κ1) is 18.3. The topological polar surface area (TPSA) is 38.3 Å². The van der Waals surface area contributed by atoms with E-state index in [1.54, 1.807) is 48.5 Å². The van der Waals surface area contributed by atoms with Crippen LogP contribution in [0, 0.1) is 0 Å². The highest BCUT2D eigenvalue weighted by atomic mass is 35.5. The molecule has 0 radical (unpaired) electrons. The Kier molecular flexibility index (Phi) is 6.23. The molecular weight excluding hydrogens is 343 g/mol. The monoisotopic (exact) mass is 357 g/mol. The number of hydrogen-bond donors (Lipinski definition) is 1. The van der Waals surface area contributed by atoms with Gasteiger partial charge in [0.25, 0.3) is 5.91 Å². The van der Waals surface area contributed by atoms with E-state index in [0.717, 1.165) is 5.56 Å². The molecule has 0 aliphatic rings. The highest BCUT2D eigenvalue weighted by Crippen LogP contribution is 2.16. The van der Waals surface area contributed by atoms with Gasteiger partial charge in [0.15, 0.2) is 0 Å². The van der Waals surface area contributed by atoms with Gasteiger partial charge in [-0.1, -0.05) is 35.9 Å². The molecule has 0 spiro atoms. The third-order valence-electron chi connectivity index (χ3n) is 3.12. The number of hydrogen-bond acceptors (Lipinski definition) is 2. The molecule has 3 nitrogen and oxygen atoms in total. The maximum Gasteiger partial charge on any atom is 0.411 e. The fourth-order valence-electron chi connectivity index (χ4n) is 1.92. The van der Waals surface area contributed by atoms with Gasteiger partial charge in [0, 0.05) is 17.1 Å². The van der Waals surface area contributed by atoms with E-state index in [1.807, 2.05) is 0 Å². The lowest BCUT2D eigenvalue weighted by Gasteiger charge is -2.09. The first-order valence-corrected chi connectivity index (χ1v) is 7.47. The van der Waals surface area contributed by atoms with Crippen molar-refractivity contribution >= 4 is 17.5 Å². The van der Waals surface area contributed by atoms with Crippen LogP contribution in [-0.2, 0) is 17.9 Å². The van der Waals surface area contributed by atoms with Crippen molar-refractivity contribution in [3.63, 3.8) is 0 Å². The number of halogens is 4. The second kappa shape index (κ2) is 8.17. The maximum atomic E-state index is 12.0. The summed E-state index contributed by atoms with van der Waals surface area (Å²) in [5.74, 6) is -0.232. The Balaban J connectivity index is 1.81. The fraction of sp³-hybridized carbons (Fsp3) is 0.235. The first-order chi connectivity index (χ1) is 11.3. The molecule has 0 unspecified atom stereocenters. The minimum absolute atomic E-state index is 0.114. The Labute approximate surface area is 142 Å². The average molecular weight is 358 g/mol. The molecular formula is C17H15ClF3NO2. The number of alkyl halides is 3. The van der Waals surface area contributed by atoms with Gasteiger partial charge in [-0.15, -0.1) is 0 Å². The standard InChI is InChI=1S/C17H15ClF3NO2/c18-15-7-5-14(6-8-15)16(23)22-9-12-1-3-13(4-2-12)10-24-11-17(19,20)21/h1-8H,9-11H2,(H,22,23). The quantitative estimate of drug-likeness (QED) is 0.834. The van der Waals surface area contributed by atoms with Crippen LogP contribution in [0.5, 0.6) is 0 Å². The summed E-state index contributed by atoms with van der Waals surface area (Å²) in [5.41, 5.74) is 1.96. The van der Waals surface area contributed by atoms with Crippen LogP contribution in [0.25, 0.3) is 0 Å². The van der Waals surface area contributed by atoms with Crippen LogP contribution in [0.15, 0.2) is 48.5 Å². The lowest BCUT2D eigenvalue weighted by molar-refractivity contribution is -0.176. The molecule has 0 saturated heterocycles. The minimum atomic E-state index is -4.33. The molecule has 0 heterocycles. The summed E-state index contributed by atoms with van der Waals surface area (Å²) in [6, 6.07) is 13.3. The van der Waals surface area contributed by atoms with Crippen molar-refractivity contribution in [3.8, 4) is 0 Å². The van der Waals surface area contributed by atoms with E-state index >= 15 is 0 Å². The van der Waals surface area contributed by atoms with Crippen molar-refractivity contribution in [2.24, 2.45) is 0 Å². The van der Waals surface area contributed by atoms with Crippen molar-refractivity contribution in [2.75, 3.05) is 6.61 Å². The molecule has 0 atom stereocenters. The van der Waals surface area contributed by atoms with Crippen LogP contribution >= 0.6 is 11.6 Å². The summed E-state index contributed by atoms with van der Waals surface area (Å²) < 4.78 is 40.5. The molecule has 0 aromatic heterocycles. The van der Waals surface area contributed by atoms with Gasteiger partial charge < -0.3 is 10.1 Å². The van der Waals surface area contributed by atoms with E-state index in [-0.39, 0.29) is 12.5 Å². The highest BCUT2D eigenvalue weighted by molar-refractivity contribution is 6.30. The van der Waals surface area contributed by atoms with Crippen LogP contribution < -0.4 is 5.32 Å². The van der Waals surface area contributed by atoms with Gasteiger partial charge in [0.2, 0.25) is 0 Å². The number of carbonyl (C=O) groups is 1. The number of nitrogens with one attached hydrogen (secondary N) is 1. The van der Waals surface area contributed by atoms with Crippen molar-refractivity contribution < 1.29 is 22.7 Å². The largest absolute Gasteiger partial charge is 0.411 e. The van der Waals surface area contributed by atoms with E-state index in [9.17, 15) is 18.0 Å². The van der Waals surface area contributed by atoms with Crippen molar-refractivity contribution in [1.82, 2.24) is 5.32 Å². The van der Waals surface area contributed by atoms with Crippen molar-refractivity contribution in [2.45, 2.75) is 19.3 Å². The number of rotatable bonds is 6. The molecule has 0 fully saturated rings. The van der Waals surface area contributed by atoms with Crippen LogP contribution in [0.1, 0.15) is 21.5 Å².